The normalized spacial score (nSPS) is 12.8. The third-order valence-corrected chi connectivity index (χ3v) is 4.24. The van der Waals surface area contributed by atoms with E-state index in [9.17, 15) is 8.78 Å². The Bertz CT molecular complexity index is 372. The molecular formula is C12H15Br2F2N. The molecule has 0 aliphatic carbocycles. The summed E-state index contributed by atoms with van der Waals surface area (Å²) in [4.78, 5) is 0.451. The molecule has 17 heavy (non-hydrogen) atoms. The van der Waals surface area contributed by atoms with Gasteiger partial charge in [-0.2, -0.15) is 0 Å². The van der Waals surface area contributed by atoms with Crippen LogP contribution in [0.25, 0.3) is 0 Å². The van der Waals surface area contributed by atoms with Crippen LogP contribution in [0.4, 0.5) is 8.78 Å². The molecule has 0 aromatic heterocycles. The summed E-state index contributed by atoms with van der Waals surface area (Å²) in [7, 11) is 0. The number of hydrogen-bond acceptors (Lipinski definition) is 1. The summed E-state index contributed by atoms with van der Waals surface area (Å²) >= 11 is 6.55. The zero-order chi connectivity index (χ0) is 12.8. The van der Waals surface area contributed by atoms with Gasteiger partial charge in [0.25, 0.3) is 0 Å². The van der Waals surface area contributed by atoms with Crippen LogP contribution >= 0.6 is 31.9 Å². The Labute approximate surface area is 117 Å². The van der Waals surface area contributed by atoms with Gasteiger partial charge in [-0.05, 0) is 47.4 Å². The van der Waals surface area contributed by atoms with Crippen LogP contribution in [-0.4, -0.2) is 11.4 Å². The highest BCUT2D eigenvalue weighted by Crippen LogP contribution is 2.21. The number of alkyl halides is 1. The van der Waals surface area contributed by atoms with Crippen LogP contribution < -0.4 is 5.32 Å². The van der Waals surface area contributed by atoms with Gasteiger partial charge in [-0.3, -0.25) is 0 Å². The van der Waals surface area contributed by atoms with Gasteiger partial charge in [0.1, 0.15) is 11.6 Å². The van der Waals surface area contributed by atoms with E-state index in [0.29, 0.717) is 9.30 Å². The smallest absolute Gasteiger partial charge is 0.144 e. The van der Waals surface area contributed by atoms with Gasteiger partial charge in [0.2, 0.25) is 0 Å². The van der Waals surface area contributed by atoms with Crippen LogP contribution in [0.1, 0.15) is 25.3 Å². The SMILES string of the molecule is CCC(Br)CCNCc1c(F)ccc(Br)c1F. The van der Waals surface area contributed by atoms with Crippen molar-refractivity contribution in [1.82, 2.24) is 5.32 Å². The first-order valence-corrected chi connectivity index (χ1v) is 7.24. The zero-order valence-electron chi connectivity index (χ0n) is 9.57. The van der Waals surface area contributed by atoms with E-state index in [0.717, 1.165) is 19.4 Å². The lowest BCUT2D eigenvalue weighted by Crippen LogP contribution is -2.19. The summed E-state index contributed by atoms with van der Waals surface area (Å²) in [6.07, 6.45) is 1.98. The fourth-order valence-corrected chi connectivity index (χ4v) is 2.01. The van der Waals surface area contributed by atoms with E-state index in [1.54, 1.807) is 0 Å². The van der Waals surface area contributed by atoms with Crippen molar-refractivity contribution >= 4 is 31.9 Å². The van der Waals surface area contributed by atoms with E-state index in [1.165, 1.54) is 12.1 Å². The zero-order valence-corrected chi connectivity index (χ0v) is 12.7. The molecule has 1 rings (SSSR count). The molecule has 0 amide bonds. The molecular weight excluding hydrogens is 356 g/mol. The molecule has 1 N–H and O–H groups in total. The van der Waals surface area contributed by atoms with Gasteiger partial charge in [0, 0.05) is 16.9 Å². The molecule has 1 unspecified atom stereocenters. The average molecular weight is 371 g/mol. The Morgan fingerprint density at radius 2 is 2.06 bits per heavy atom. The standard InChI is InChI=1S/C12H15Br2F2N/c1-2-8(13)5-6-17-7-9-11(15)4-3-10(14)12(9)16/h3-4,8,17H,2,5-7H2,1H3. The van der Waals surface area contributed by atoms with Crippen molar-refractivity contribution in [1.29, 1.82) is 0 Å². The second kappa shape index (κ2) is 7.44. The van der Waals surface area contributed by atoms with Crippen LogP contribution in [-0.2, 0) is 6.54 Å². The topological polar surface area (TPSA) is 12.0 Å². The fourth-order valence-electron chi connectivity index (χ4n) is 1.41. The maximum Gasteiger partial charge on any atom is 0.144 e. The van der Waals surface area contributed by atoms with Gasteiger partial charge >= 0.3 is 0 Å². The van der Waals surface area contributed by atoms with Crippen LogP contribution in [0, 0.1) is 11.6 Å². The summed E-state index contributed by atoms with van der Waals surface area (Å²) in [5, 5.41) is 3.04. The minimum Gasteiger partial charge on any atom is -0.312 e. The number of rotatable bonds is 6. The largest absolute Gasteiger partial charge is 0.312 e. The second-order valence-electron chi connectivity index (χ2n) is 3.79. The maximum atomic E-state index is 13.6. The van der Waals surface area contributed by atoms with Crippen molar-refractivity contribution in [2.45, 2.75) is 31.1 Å². The van der Waals surface area contributed by atoms with E-state index in [2.05, 4.69) is 44.1 Å². The second-order valence-corrected chi connectivity index (χ2v) is 5.94. The Kier molecular flexibility index (Phi) is 6.59. The molecule has 0 heterocycles. The first-order chi connectivity index (χ1) is 8.06. The summed E-state index contributed by atoms with van der Waals surface area (Å²) in [6, 6.07) is 2.64. The maximum absolute atomic E-state index is 13.6. The van der Waals surface area contributed by atoms with Crippen molar-refractivity contribution in [2.24, 2.45) is 0 Å². The molecule has 0 fully saturated rings. The van der Waals surface area contributed by atoms with Gasteiger partial charge in [-0.25, -0.2) is 8.78 Å². The van der Waals surface area contributed by atoms with E-state index >= 15 is 0 Å². The van der Waals surface area contributed by atoms with Gasteiger partial charge in [-0.15, -0.1) is 0 Å². The first-order valence-electron chi connectivity index (χ1n) is 5.53. The molecule has 0 saturated carbocycles. The van der Waals surface area contributed by atoms with Crippen molar-refractivity contribution < 1.29 is 8.78 Å². The molecule has 0 bridgehead atoms. The summed E-state index contributed by atoms with van der Waals surface area (Å²) in [6.45, 7) is 3.03. The quantitative estimate of drug-likeness (QED) is 0.445. The summed E-state index contributed by atoms with van der Waals surface area (Å²) in [5.41, 5.74) is 0.0852. The molecule has 96 valence electrons. The minimum atomic E-state index is -0.525. The van der Waals surface area contributed by atoms with E-state index in [-0.39, 0.29) is 12.1 Å². The number of nitrogens with one attached hydrogen (secondary N) is 1. The fraction of sp³-hybridized carbons (Fsp3) is 0.500. The van der Waals surface area contributed by atoms with E-state index < -0.39 is 11.6 Å². The average Bonchev–Trinajstić information content (AvgIpc) is 2.32. The molecule has 0 aliphatic rings. The van der Waals surface area contributed by atoms with Crippen molar-refractivity contribution in [3.05, 3.63) is 33.8 Å². The monoisotopic (exact) mass is 369 g/mol. The molecule has 5 heteroatoms. The highest BCUT2D eigenvalue weighted by Gasteiger charge is 2.11. The predicted octanol–water partition coefficient (Wildman–Crippen LogP) is 4.38. The Morgan fingerprint density at radius 3 is 2.71 bits per heavy atom. The number of hydrogen-bond donors (Lipinski definition) is 1. The lowest BCUT2D eigenvalue weighted by atomic mass is 10.2. The molecule has 1 nitrogen and oxygen atoms in total. The third kappa shape index (κ3) is 4.64. The molecule has 0 radical (unpaired) electrons. The first kappa shape index (κ1) is 15.1. The molecule has 1 aromatic rings. The van der Waals surface area contributed by atoms with Crippen LogP contribution in [0.2, 0.25) is 0 Å². The molecule has 1 atom stereocenters. The molecule has 0 saturated heterocycles. The van der Waals surface area contributed by atoms with Gasteiger partial charge in [0.05, 0.1) is 4.47 Å². The van der Waals surface area contributed by atoms with Crippen molar-refractivity contribution in [2.75, 3.05) is 6.54 Å². The van der Waals surface area contributed by atoms with Gasteiger partial charge in [-0.1, -0.05) is 22.9 Å². The Balaban J connectivity index is 2.49. The Morgan fingerprint density at radius 1 is 1.35 bits per heavy atom. The predicted molar refractivity (Wildman–Crippen MR) is 73.4 cm³/mol. The highest BCUT2D eigenvalue weighted by atomic mass is 79.9. The van der Waals surface area contributed by atoms with Crippen molar-refractivity contribution in [3.63, 3.8) is 0 Å². The van der Waals surface area contributed by atoms with Crippen LogP contribution in [0.15, 0.2) is 16.6 Å². The van der Waals surface area contributed by atoms with E-state index in [1.807, 2.05) is 0 Å². The Hall–Kier alpha value is -0.0000000000000000555. The number of halogens is 4. The summed E-state index contributed by atoms with van der Waals surface area (Å²) < 4.78 is 27.2. The highest BCUT2D eigenvalue weighted by molar-refractivity contribution is 9.10. The van der Waals surface area contributed by atoms with E-state index in [4.69, 9.17) is 0 Å². The lowest BCUT2D eigenvalue weighted by molar-refractivity contribution is 0.527. The van der Waals surface area contributed by atoms with Crippen LogP contribution in [0.3, 0.4) is 0 Å². The molecule has 0 spiro atoms. The third-order valence-electron chi connectivity index (χ3n) is 2.52. The molecule has 1 aromatic carbocycles. The van der Waals surface area contributed by atoms with Crippen molar-refractivity contribution in [3.8, 4) is 0 Å². The van der Waals surface area contributed by atoms with Gasteiger partial charge in [0.15, 0.2) is 0 Å². The number of benzene rings is 1. The summed E-state index contributed by atoms with van der Waals surface area (Å²) in [5.74, 6) is -1.03. The minimum absolute atomic E-state index is 0.0852. The lowest BCUT2D eigenvalue weighted by Gasteiger charge is -2.10. The van der Waals surface area contributed by atoms with Gasteiger partial charge < -0.3 is 5.32 Å². The molecule has 0 aliphatic heterocycles. The van der Waals surface area contributed by atoms with Crippen LogP contribution in [0.5, 0.6) is 0 Å².